The molecule has 2 rings (SSSR count). The standard InChI is InChI=1S/C14H10ClFN2O4/c15-11-7(2-1-3-10(11)16)4-18-13(20)8-5-17-6-9(12(8)19)14(21)22/h1-3,5-6H,4H2,(H,17,19)(H,18,20)(H,21,22). The van der Waals surface area contributed by atoms with Gasteiger partial charge in [-0.25, -0.2) is 9.18 Å². The third kappa shape index (κ3) is 3.15. The average molecular weight is 325 g/mol. The summed E-state index contributed by atoms with van der Waals surface area (Å²) in [6.45, 7) is -0.105. The molecule has 0 aliphatic carbocycles. The van der Waals surface area contributed by atoms with E-state index in [9.17, 15) is 18.8 Å². The fraction of sp³-hybridized carbons (Fsp3) is 0.0714. The van der Waals surface area contributed by atoms with Crippen molar-refractivity contribution >= 4 is 23.5 Å². The second kappa shape index (κ2) is 6.40. The van der Waals surface area contributed by atoms with Gasteiger partial charge in [-0.15, -0.1) is 0 Å². The number of benzene rings is 1. The molecule has 1 heterocycles. The van der Waals surface area contributed by atoms with Crippen LogP contribution in [0.15, 0.2) is 35.4 Å². The van der Waals surface area contributed by atoms with Crippen molar-refractivity contribution in [2.24, 2.45) is 0 Å². The fourth-order valence-corrected chi connectivity index (χ4v) is 1.96. The first-order valence-corrected chi connectivity index (χ1v) is 6.45. The number of carboxylic acids is 1. The third-order valence-corrected chi connectivity index (χ3v) is 3.31. The van der Waals surface area contributed by atoms with Crippen LogP contribution in [-0.2, 0) is 6.54 Å². The molecule has 0 aliphatic heterocycles. The molecule has 1 amide bonds. The molecule has 0 saturated carbocycles. The van der Waals surface area contributed by atoms with Crippen molar-refractivity contribution in [3.05, 3.63) is 68.3 Å². The zero-order valence-corrected chi connectivity index (χ0v) is 11.8. The van der Waals surface area contributed by atoms with Crippen molar-refractivity contribution < 1.29 is 19.1 Å². The molecule has 0 atom stereocenters. The maximum absolute atomic E-state index is 13.3. The first-order chi connectivity index (χ1) is 10.4. The molecular weight excluding hydrogens is 315 g/mol. The molecule has 0 fully saturated rings. The Morgan fingerprint density at radius 1 is 1.27 bits per heavy atom. The predicted octanol–water partition coefficient (Wildman–Crippen LogP) is 1.80. The quantitative estimate of drug-likeness (QED) is 0.798. The minimum absolute atomic E-state index is 0.105. The molecule has 8 heteroatoms. The summed E-state index contributed by atoms with van der Waals surface area (Å²) in [5.74, 6) is -2.85. The first-order valence-electron chi connectivity index (χ1n) is 6.07. The lowest BCUT2D eigenvalue weighted by molar-refractivity contribution is 0.0695. The van der Waals surface area contributed by atoms with E-state index in [0.29, 0.717) is 5.56 Å². The largest absolute Gasteiger partial charge is 0.477 e. The van der Waals surface area contributed by atoms with E-state index in [1.54, 1.807) is 0 Å². The van der Waals surface area contributed by atoms with Crippen LogP contribution in [0.1, 0.15) is 26.3 Å². The highest BCUT2D eigenvalue weighted by Crippen LogP contribution is 2.19. The molecule has 0 radical (unpaired) electrons. The van der Waals surface area contributed by atoms with E-state index >= 15 is 0 Å². The topological polar surface area (TPSA) is 99.3 Å². The number of pyridine rings is 1. The van der Waals surface area contributed by atoms with Crippen molar-refractivity contribution in [1.29, 1.82) is 0 Å². The van der Waals surface area contributed by atoms with E-state index in [4.69, 9.17) is 16.7 Å². The minimum atomic E-state index is -1.44. The van der Waals surface area contributed by atoms with Crippen molar-refractivity contribution in [2.45, 2.75) is 6.54 Å². The number of H-pyrrole nitrogens is 1. The lowest BCUT2D eigenvalue weighted by Crippen LogP contribution is -2.30. The highest BCUT2D eigenvalue weighted by atomic mass is 35.5. The summed E-state index contributed by atoms with van der Waals surface area (Å²) in [6.07, 6.45) is 2.09. The van der Waals surface area contributed by atoms with E-state index in [0.717, 1.165) is 12.4 Å². The van der Waals surface area contributed by atoms with Gasteiger partial charge < -0.3 is 15.4 Å². The van der Waals surface area contributed by atoms with E-state index in [1.807, 2.05) is 0 Å². The fourth-order valence-electron chi connectivity index (χ4n) is 1.77. The second-order valence-electron chi connectivity index (χ2n) is 4.31. The van der Waals surface area contributed by atoms with Crippen LogP contribution < -0.4 is 10.7 Å². The lowest BCUT2D eigenvalue weighted by Gasteiger charge is -2.07. The van der Waals surface area contributed by atoms with Crippen molar-refractivity contribution in [3.8, 4) is 0 Å². The monoisotopic (exact) mass is 324 g/mol. The number of carbonyl (C=O) groups is 2. The Kier molecular flexibility index (Phi) is 4.57. The molecule has 2 aromatic rings. The van der Waals surface area contributed by atoms with Crippen LogP contribution in [0.5, 0.6) is 0 Å². The zero-order chi connectivity index (χ0) is 16.3. The summed E-state index contributed by atoms with van der Waals surface area (Å²) in [6, 6.07) is 4.12. The van der Waals surface area contributed by atoms with Gasteiger partial charge in [0.2, 0.25) is 5.43 Å². The Bertz CT molecular complexity index is 804. The number of hydrogen-bond donors (Lipinski definition) is 3. The van der Waals surface area contributed by atoms with Crippen LogP contribution in [0.4, 0.5) is 4.39 Å². The Morgan fingerprint density at radius 2 is 1.95 bits per heavy atom. The number of rotatable bonds is 4. The Labute approximate surface area is 128 Å². The maximum Gasteiger partial charge on any atom is 0.341 e. The predicted molar refractivity (Wildman–Crippen MR) is 76.6 cm³/mol. The number of hydrogen-bond acceptors (Lipinski definition) is 3. The van der Waals surface area contributed by atoms with E-state index in [1.165, 1.54) is 18.2 Å². The maximum atomic E-state index is 13.3. The molecule has 114 valence electrons. The Balaban J connectivity index is 2.20. The van der Waals surface area contributed by atoms with Gasteiger partial charge in [0.15, 0.2) is 0 Å². The summed E-state index contributed by atoms with van der Waals surface area (Å²) < 4.78 is 13.3. The molecule has 0 aliphatic rings. The van der Waals surface area contributed by atoms with Gasteiger partial charge in [-0.1, -0.05) is 23.7 Å². The summed E-state index contributed by atoms with van der Waals surface area (Å²) in [7, 11) is 0. The van der Waals surface area contributed by atoms with Crippen LogP contribution in [-0.4, -0.2) is 22.0 Å². The third-order valence-electron chi connectivity index (χ3n) is 2.89. The number of aromatic amines is 1. The number of aromatic nitrogens is 1. The van der Waals surface area contributed by atoms with Crippen molar-refractivity contribution in [2.75, 3.05) is 0 Å². The normalized spacial score (nSPS) is 10.3. The molecule has 3 N–H and O–H groups in total. The van der Waals surface area contributed by atoms with E-state index < -0.39 is 28.7 Å². The number of carbonyl (C=O) groups excluding carboxylic acids is 1. The summed E-state index contributed by atoms with van der Waals surface area (Å²) in [5.41, 5.74) is -1.47. The van der Waals surface area contributed by atoms with Gasteiger partial charge in [0, 0.05) is 18.9 Å². The summed E-state index contributed by atoms with van der Waals surface area (Å²) in [4.78, 5) is 37.1. The van der Waals surface area contributed by atoms with Gasteiger partial charge in [0.25, 0.3) is 5.91 Å². The number of carboxylic acid groups (broad SMARTS) is 1. The van der Waals surface area contributed by atoms with Gasteiger partial charge in [-0.2, -0.15) is 0 Å². The van der Waals surface area contributed by atoms with Gasteiger partial charge >= 0.3 is 5.97 Å². The highest BCUT2D eigenvalue weighted by Gasteiger charge is 2.17. The molecule has 22 heavy (non-hydrogen) atoms. The smallest absolute Gasteiger partial charge is 0.341 e. The number of halogens is 2. The van der Waals surface area contributed by atoms with Crippen LogP contribution in [0.3, 0.4) is 0 Å². The molecule has 1 aromatic heterocycles. The number of amides is 1. The van der Waals surface area contributed by atoms with Gasteiger partial charge in [-0.05, 0) is 11.6 Å². The minimum Gasteiger partial charge on any atom is -0.477 e. The van der Waals surface area contributed by atoms with Gasteiger partial charge in [0.1, 0.15) is 16.9 Å². The molecule has 6 nitrogen and oxygen atoms in total. The average Bonchev–Trinajstić information content (AvgIpc) is 2.48. The SMILES string of the molecule is O=C(O)c1c[nH]cc(C(=O)NCc2cccc(F)c2Cl)c1=O. The first kappa shape index (κ1) is 15.7. The van der Waals surface area contributed by atoms with Gasteiger partial charge in [0.05, 0.1) is 5.02 Å². The molecule has 0 saturated heterocycles. The Hall–Kier alpha value is -2.67. The van der Waals surface area contributed by atoms with Crippen molar-refractivity contribution in [3.63, 3.8) is 0 Å². The van der Waals surface area contributed by atoms with Gasteiger partial charge in [-0.3, -0.25) is 9.59 Å². The second-order valence-corrected chi connectivity index (χ2v) is 4.69. The molecule has 1 aromatic carbocycles. The number of aromatic carboxylic acids is 1. The van der Waals surface area contributed by atoms with Crippen molar-refractivity contribution in [1.82, 2.24) is 10.3 Å². The zero-order valence-electron chi connectivity index (χ0n) is 11.0. The van der Waals surface area contributed by atoms with Crippen LogP contribution >= 0.6 is 11.6 Å². The summed E-state index contributed by atoms with van der Waals surface area (Å²) in [5, 5.41) is 11.1. The van der Waals surface area contributed by atoms with Crippen LogP contribution in [0.2, 0.25) is 5.02 Å². The van der Waals surface area contributed by atoms with Crippen LogP contribution in [0, 0.1) is 5.82 Å². The molecule has 0 spiro atoms. The Morgan fingerprint density at radius 3 is 2.64 bits per heavy atom. The highest BCUT2D eigenvalue weighted by molar-refractivity contribution is 6.31. The van der Waals surface area contributed by atoms with Crippen LogP contribution in [0.25, 0.3) is 0 Å². The van der Waals surface area contributed by atoms with E-state index in [-0.39, 0.29) is 17.1 Å². The molecule has 0 bridgehead atoms. The molecule has 0 unspecified atom stereocenters. The molecular formula is C14H10ClFN2O4. The number of nitrogens with one attached hydrogen (secondary N) is 2. The lowest BCUT2D eigenvalue weighted by atomic mass is 10.1. The van der Waals surface area contributed by atoms with E-state index in [2.05, 4.69) is 10.3 Å². The summed E-state index contributed by atoms with van der Waals surface area (Å²) >= 11 is 5.75.